The van der Waals surface area contributed by atoms with Gasteiger partial charge in [-0.25, -0.2) is 0 Å². The Bertz CT molecular complexity index is 2180. The molecule has 0 atom stereocenters. The SMILES string of the molecule is c1ccc(-c2nc(-c3cccc4c3[se]c3ccccc34)nc(-c3cccc4ccc5ccccc5c34)n2)cc1. The van der Waals surface area contributed by atoms with E-state index in [0.29, 0.717) is 11.6 Å². The monoisotopic (exact) mass is 563 g/mol. The van der Waals surface area contributed by atoms with Crippen molar-refractivity contribution in [1.29, 1.82) is 0 Å². The molecule has 39 heavy (non-hydrogen) atoms. The number of hydrogen-bond donors (Lipinski definition) is 0. The number of benzene rings is 6. The summed E-state index contributed by atoms with van der Waals surface area (Å²) < 4.78 is 2.75. The van der Waals surface area contributed by atoms with Crippen molar-refractivity contribution in [2.75, 3.05) is 0 Å². The molecule has 0 N–H and O–H groups in total. The Kier molecular flexibility index (Phi) is 5.15. The first-order chi connectivity index (χ1) is 19.3. The van der Waals surface area contributed by atoms with Crippen LogP contribution in [0, 0.1) is 0 Å². The van der Waals surface area contributed by atoms with Crippen LogP contribution in [0.5, 0.6) is 0 Å². The predicted octanol–water partition coefficient (Wildman–Crippen LogP) is 8.54. The first-order valence-electron chi connectivity index (χ1n) is 13.0. The molecule has 0 saturated heterocycles. The van der Waals surface area contributed by atoms with Crippen LogP contribution in [-0.4, -0.2) is 29.5 Å². The quantitative estimate of drug-likeness (QED) is 0.160. The van der Waals surface area contributed by atoms with Crippen LogP contribution >= 0.6 is 0 Å². The molecular formula is C35H21N3Se. The zero-order valence-corrected chi connectivity index (χ0v) is 22.6. The topological polar surface area (TPSA) is 38.7 Å². The summed E-state index contributed by atoms with van der Waals surface area (Å²) in [5.74, 6) is 2.11. The maximum absolute atomic E-state index is 5.18. The van der Waals surface area contributed by atoms with E-state index in [1.807, 2.05) is 18.2 Å². The van der Waals surface area contributed by atoms with E-state index in [1.54, 1.807) is 0 Å². The first kappa shape index (κ1) is 22.4. The maximum atomic E-state index is 5.18. The average molecular weight is 563 g/mol. The van der Waals surface area contributed by atoms with Crippen molar-refractivity contribution in [2.45, 2.75) is 0 Å². The molecule has 6 aromatic carbocycles. The molecule has 0 aliphatic rings. The van der Waals surface area contributed by atoms with Gasteiger partial charge in [-0.05, 0) is 0 Å². The van der Waals surface area contributed by atoms with Crippen LogP contribution in [0.1, 0.15) is 0 Å². The molecule has 3 nitrogen and oxygen atoms in total. The van der Waals surface area contributed by atoms with E-state index in [0.717, 1.165) is 22.5 Å². The second kappa shape index (κ2) is 8.99. The van der Waals surface area contributed by atoms with Gasteiger partial charge in [0, 0.05) is 0 Å². The summed E-state index contributed by atoms with van der Waals surface area (Å²) >= 11 is 0.192. The van der Waals surface area contributed by atoms with Gasteiger partial charge in [-0.1, -0.05) is 0 Å². The van der Waals surface area contributed by atoms with Crippen LogP contribution in [0.25, 0.3) is 75.0 Å². The number of rotatable bonds is 3. The Balaban J connectivity index is 1.45. The molecule has 0 bridgehead atoms. The summed E-state index contributed by atoms with van der Waals surface area (Å²) in [6, 6.07) is 44.7. The van der Waals surface area contributed by atoms with Gasteiger partial charge < -0.3 is 0 Å². The van der Waals surface area contributed by atoms with Gasteiger partial charge in [-0.3, -0.25) is 0 Å². The molecule has 182 valence electrons. The predicted molar refractivity (Wildman–Crippen MR) is 163 cm³/mol. The van der Waals surface area contributed by atoms with Crippen LogP contribution < -0.4 is 0 Å². The van der Waals surface area contributed by atoms with Gasteiger partial charge in [0.2, 0.25) is 0 Å². The van der Waals surface area contributed by atoms with Crippen LogP contribution in [-0.2, 0) is 0 Å². The molecule has 2 aromatic heterocycles. The third-order valence-electron chi connectivity index (χ3n) is 7.32. The Morgan fingerprint density at radius 2 is 1.03 bits per heavy atom. The number of aromatic nitrogens is 3. The Morgan fingerprint density at radius 3 is 1.92 bits per heavy atom. The van der Waals surface area contributed by atoms with E-state index in [2.05, 4.69) is 109 Å². The third kappa shape index (κ3) is 3.69. The van der Waals surface area contributed by atoms with Crippen molar-refractivity contribution >= 4 is 55.3 Å². The standard InChI is InChI=1S/C35H21N3Se/c1-2-11-24(12-3-1)33-36-34(28-17-8-13-23-21-20-22-10-4-5-14-25(22)31(23)28)38-35(37-33)29-18-9-16-27-26-15-6-7-19-30(26)39-32(27)29/h1-21H. The van der Waals surface area contributed by atoms with E-state index in [-0.39, 0.29) is 14.5 Å². The van der Waals surface area contributed by atoms with Crippen molar-refractivity contribution in [3.8, 4) is 34.2 Å². The molecule has 0 radical (unpaired) electrons. The van der Waals surface area contributed by atoms with Gasteiger partial charge in [-0.2, -0.15) is 0 Å². The molecule has 0 saturated carbocycles. The van der Waals surface area contributed by atoms with Crippen molar-refractivity contribution in [3.05, 3.63) is 127 Å². The third-order valence-corrected chi connectivity index (χ3v) is 9.88. The van der Waals surface area contributed by atoms with E-state index in [4.69, 9.17) is 15.0 Å². The summed E-state index contributed by atoms with van der Waals surface area (Å²) in [7, 11) is 0. The van der Waals surface area contributed by atoms with Crippen LogP contribution in [0.4, 0.5) is 0 Å². The van der Waals surface area contributed by atoms with E-state index >= 15 is 0 Å². The van der Waals surface area contributed by atoms with Gasteiger partial charge >= 0.3 is 232 Å². The van der Waals surface area contributed by atoms with E-state index in [1.165, 1.54) is 40.8 Å². The molecule has 4 heteroatoms. The number of fused-ring (bicyclic) bond motifs is 6. The molecular weight excluding hydrogens is 541 g/mol. The van der Waals surface area contributed by atoms with Gasteiger partial charge in [0.05, 0.1) is 0 Å². The Morgan fingerprint density at radius 1 is 0.410 bits per heavy atom. The van der Waals surface area contributed by atoms with Crippen LogP contribution in [0.15, 0.2) is 127 Å². The molecule has 0 fully saturated rings. The van der Waals surface area contributed by atoms with Crippen molar-refractivity contribution < 1.29 is 0 Å². The zero-order valence-electron chi connectivity index (χ0n) is 20.9. The minimum absolute atomic E-state index is 0.192. The summed E-state index contributed by atoms with van der Waals surface area (Å²) in [5, 5.41) is 7.37. The van der Waals surface area contributed by atoms with Crippen molar-refractivity contribution in [1.82, 2.24) is 15.0 Å². The summed E-state index contributed by atoms with van der Waals surface area (Å²) in [4.78, 5) is 15.3. The van der Waals surface area contributed by atoms with Crippen LogP contribution in [0.3, 0.4) is 0 Å². The Labute approximate surface area is 231 Å². The van der Waals surface area contributed by atoms with Crippen molar-refractivity contribution in [3.63, 3.8) is 0 Å². The van der Waals surface area contributed by atoms with E-state index < -0.39 is 0 Å². The first-order valence-corrected chi connectivity index (χ1v) is 14.7. The molecule has 2 heterocycles. The zero-order chi connectivity index (χ0) is 25.8. The molecule has 0 spiro atoms. The molecule has 0 amide bonds. The van der Waals surface area contributed by atoms with Gasteiger partial charge in [-0.15, -0.1) is 0 Å². The summed E-state index contributed by atoms with van der Waals surface area (Å²) in [6.07, 6.45) is 0. The fourth-order valence-electron chi connectivity index (χ4n) is 5.50. The number of nitrogens with zero attached hydrogens (tertiary/aromatic N) is 3. The Hall–Kier alpha value is -4.63. The average Bonchev–Trinajstić information content (AvgIpc) is 3.40. The summed E-state index contributed by atoms with van der Waals surface area (Å²) in [5.41, 5.74) is 3.09. The van der Waals surface area contributed by atoms with Crippen molar-refractivity contribution in [2.24, 2.45) is 0 Å². The van der Waals surface area contributed by atoms with Gasteiger partial charge in [0.25, 0.3) is 0 Å². The van der Waals surface area contributed by atoms with Crippen LogP contribution in [0.2, 0.25) is 0 Å². The fraction of sp³-hybridized carbons (Fsp3) is 0. The van der Waals surface area contributed by atoms with Gasteiger partial charge in [0.15, 0.2) is 0 Å². The van der Waals surface area contributed by atoms with E-state index in [9.17, 15) is 0 Å². The molecule has 0 unspecified atom stereocenters. The molecule has 8 rings (SSSR count). The fourth-order valence-corrected chi connectivity index (χ4v) is 8.04. The number of hydrogen-bond acceptors (Lipinski definition) is 3. The molecule has 0 aliphatic heterocycles. The molecule has 8 aromatic rings. The summed E-state index contributed by atoms with van der Waals surface area (Å²) in [6.45, 7) is 0. The van der Waals surface area contributed by atoms with Gasteiger partial charge in [0.1, 0.15) is 0 Å². The second-order valence-corrected chi connectivity index (χ2v) is 11.9. The second-order valence-electron chi connectivity index (χ2n) is 9.64. The molecule has 0 aliphatic carbocycles. The minimum atomic E-state index is 0.192. The normalized spacial score (nSPS) is 11.6.